The van der Waals surface area contributed by atoms with Crippen LogP contribution in [0.15, 0.2) is 36.9 Å². The number of carbonyl (C=O) groups excluding carboxylic acids is 3. The van der Waals surface area contributed by atoms with Crippen molar-refractivity contribution in [2.24, 2.45) is 0 Å². The van der Waals surface area contributed by atoms with Gasteiger partial charge in [0.2, 0.25) is 11.8 Å². The summed E-state index contributed by atoms with van der Waals surface area (Å²) in [6, 6.07) is 5.99. The van der Waals surface area contributed by atoms with Gasteiger partial charge in [0.05, 0.1) is 5.88 Å². The molecule has 0 aliphatic carbocycles. The van der Waals surface area contributed by atoms with Crippen molar-refractivity contribution in [3.8, 4) is 0 Å². The van der Waals surface area contributed by atoms with Crippen LogP contribution in [0.25, 0.3) is 0 Å². The van der Waals surface area contributed by atoms with E-state index in [0.717, 1.165) is 0 Å². The lowest BCUT2D eigenvalue weighted by Gasteiger charge is -2.21. The molecule has 1 atom stereocenters. The molecule has 1 unspecified atom stereocenters. The summed E-state index contributed by atoms with van der Waals surface area (Å²) < 4.78 is 0. The number of nitrogens with one attached hydrogen (secondary N) is 3. The van der Waals surface area contributed by atoms with Crippen LogP contribution in [0.2, 0.25) is 0 Å². The molecule has 2 rings (SSSR count). The van der Waals surface area contributed by atoms with E-state index in [1.165, 1.54) is 6.92 Å². The minimum absolute atomic E-state index is 0.106. The number of amides is 4. The van der Waals surface area contributed by atoms with E-state index in [0.29, 0.717) is 29.5 Å². The molecule has 1 aromatic carbocycles. The van der Waals surface area contributed by atoms with Crippen molar-refractivity contribution in [2.45, 2.75) is 13.0 Å². The Morgan fingerprint density at radius 3 is 2.46 bits per heavy atom. The fraction of sp³-hybridized carbons (Fsp3) is 0.312. The largest absolute Gasteiger partial charge is 0.334 e. The zero-order valence-corrected chi connectivity index (χ0v) is 14.2. The molecule has 0 bridgehead atoms. The van der Waals surface area contributed by atoms with Crippen LogP contribution >= 0.6 is 11.8 Å². The quantitative estimate of drug-likeness (QED) is 0.709. The van der Waals surface area contributed by atoms with E-state index in [1.54, 1.807) is 47.0 Å². The van der Waals surface area contributed by atoms with Gasteiger partial charge in [-0.1, -0.05) is 6.08 Å². The molecule has 0 radical (unpaired) electrons. The number of thioether (sulfide) groups is 1. The van der Waals surface area contributed by atoms with E-state index in [2.05, 4.69) is 22.5 Å². The highest BCUT2D eigenvalue weighted by Crippen LogP contribution is 2.22. The van der Waals surface area contributed by atoms with E-state index in [-0.39, 0.29) is 17.8 Å². The summed E-state index contributed by atoms with van der Waals surface area (Å²) in [6.07, 6.45) is 1.59. The van der Waals surface area contributed by atoms with Crippen LogP contribution in [-0.4, -0.2) is 47.0 Å². The Morgan fingerprint density at radius 2 is 1.88 bits per heavy atom. The standard InChI is InChI=1S/C16H20N4O3S/c1-3-8-17-16(23)19-13-6-4-12(5-7-13)18-15(22)14-9-24-10-20(14)11(2)21/h3-7,14H,1,8-10H2,2H3,(H,18,22)(H2,17,19,23). The maximum Gasteiger partial charge on any atom is 0.319 e. The van der Waals surface area contributed by atoms with Crippen LogP contribution < -0.4 is 16.0 Å². The Kier molecular flexibility index (Phi) is 6.25. The van der Waals surface area contributed by atoms with Gasteiger partial charge in [-0.05, 0) is 24.3 Å². The molecule has 1 aromatic rings. The normalized spacial score (nSPS) is 16.4. The lowest BCUT2D eigenvalue weighted by atomic mass is 10.2. The summed E-state index contributed by atoms with van der Waals surface area (Å²) >= 11 is 1.56. The molecule has 0 aromatic heterocycles. The summed E-state index contributed by atoms with van der Waals surface area (Å²) in [6.45, 7) is 5.36. The Balaban J connectivity index is 1.91. The maximum atomic E-state index is 12.3. The fourth-order valence-electron chi connectivity index (χ4n) is 2.17. The predicted molar refractivity (Wildman–Crippen MR) is 95.9 cm³/mol. The summed E-state index contributed by atoms with van der Waals surface area (Å²) in [5, 5.41) is 8.07. The van der Waals surface area contributed by atoms with Crippen LogP contribution in [0.5, 0.6) is 0 Å². The second-order valence-electron chi connectivity index (χ2n) is 5.19. The van der Waals surface area contributed by atoms with E-state index in [1.807, 2.05) is 0 Å². The van der Waals surface area contributed by atoms with Crippen molar-refractivity contribution < 1.29 is 14.4 Å². The third kappa shape index (κ3) is 4.76. The number of rotatable bonds is 5. The second kappa shape index (κ2) is 8.39. The third-order valence-electron chi connectivity index (χ3n) is 3.41. The average Bonchev–Trinajstić information content (AvgIpc) is 3.05. The average molecular weight is 348 g/mol. The first-order chi connectivity index (χ1) is 11.5. The Morgan fingerprint density at radius 1 is 1.25 bits per heavy atom. The second-order valence-corrected chi connectivity index (χ2v) is 6.19. The van der Waals surface area contributed by atoms with Crippen molar-refractivity contribution in [1.29, 1.82) is 0 Å². The number of anilines is 2. The maximum absolute atomic E-state index is 12.3. The molecular weight excluding hydrogens is 328 g/mol. The van der Waals surface area contributed by atoms with Gasteiger partial charge in [0, 0.05) is 30.6 Å². The van der Waals surface area contributed by atoms with Crippen LogP contribution in [0.1, 0.15) is 6.92 Å². The molecule has 0 spiro atoms. The molecular formula is C16H20N4O3S. The highest BCUT2D eigenvalue weighted by Gasteiger charge is 2.32. The number of nitrogens with zero attached hydrogens (tertiary/aromatic N) is 1. The zero-order valence-electron chi connectivity index (χ0n) is 13.4. The van der Waals surface area contributed by atoms with Crippen LogP contribution in [0, 0.1) is 0 Å². The van der Waals surface area contributed by atoms with Crippen LogP contribution in [0.4, 0.5) is 16.2 Å². The topological polar surface area (TPSA) is 90.5 Å². The van der Waals surface area contributed by atoms with Crippen molar-refractivity contribution in [3.05, 3.63) is 36.9 Å². The molecule has 8 heteroatoms. The van der Waals surface area contributed by atoms with Gasteiger partial charge < -0.3 is 20.9 Å². The highest BCUT2D eigenvalue weighted by atomic mass is 32.2. The molecule has 24 heavy (non-hydrogen) atoms. The first-order valence-corrected chi connectivity index (χ1v) is 8.58. The van der Waals surface area contributed by atoms with Gasteiger partial charge >= 0.3 is 6.03 Å². The van der Waals surface area contributed by atoms with E-state index in [4.69, 9.17) is 0 Å². The number of carbonyl (C=O) groups is 3. The first kappa shape index (κ1) is 17.9. The van der Waals surface area contributed by atoms with Crippen molar-refractivity contribution in [3.63, 3.8) is 0 Å². The molecule has 1 aliphatic heterocycles. The van der Waals surface area contributed by atoms with Crippen molar-refractivity contribution in [1.82, 2.24) is 10.2 Å². The predicted octanol–water partition coefficient (Wildman–Crippen LogP) is 1.85. The van der Waals surface area contributed by atoms with Crippen LogP contribution in [0.3, 0.4) is 0 Å². The zero-order chi connectivity index (χ0) is 17.5. The molecule has 0 saturated carbocycles. The minimum Gasteiger partial charge on any atom is -0.334 e. The van der Waals surface area contributed by atoms with Gasteiger partial charge in [0.25, 0.3) is 0 Å². The van der Waals surface area contributed by atoms with Gasteiger partial charge in [-0.3, -0.25) is 9.59 Å². The molecule has 1 fully saturated rings. The van der Waals surface area contributed by atoms with Gasteiger partial charge in [0.15, 0.2) is 0 Å². The molecule has 4 amide bonds. The molecule has 1 aliphatic rings. The summed E-state index contributed by atoms with van der Waals surface area (Å²) in [5.41, 5.74) is 1.22. The Labute approximate surface area is 144 Å². The lowest BCUT2D eigenvalue weighted by molar-refractivity contribution is -0.134. The van der Waals surface area contributed by atoms with Gasteiger partial charge in [-0.15, -0.1) is 18.3 Å². The summed E-state index contributed by atoms with van der Waals surface area (Å²) in [5.74, 6) is 0.815. The van der Waals surface area contributed by atoms with E-state index in [9.17, 15) is 14.4 Å². The minimum atomic E-state index is -0.449. The summed E-state index contributed by atoms with van der Waals surface area (Å²) in [4.78, 5) is 36.9. The van der Waals surface area contributed by atoms with Crippen molar-refractivity contribution in [2.75, 3.05) is 28.8 Å². The number of hydrogen-bond donors (Lipinski definition) is 3. The molecule has 1 saturated heterocycles. The molecule has 7 nitrogen and oxygen atoms in total. The third-order valence-corrected chi connectivity index (χ3v) is 4.42. The molecule has 1 heterocycles. The van der Waals surface area contributed by atoms with E-state index >= 15 is 0 Å². The van der Waals surface area contributed by atoms with Gasteiger partial charge in [0.1, 0.15) is 6.04 Å². The number of hydrogen-bond acceptors (Lipinski definition) is 4. The molecule has 3 N–H and O–H groups in total. The Hall–Kier alpha value is -2.48. The fourth-order valence-corrected chi connectivity index (χ4v) is 3.39. The van der Waals surface area contributed by atoms with Crippen molar-refractivity contribution >= 4 is 41.0 Å². The molecule has 128 valence electrons. The lowest BCUT2D eigenvalue weighted by Crippen LogP contribution is -2.43. The number of benzene rings is 1. The van der Waals surface area contributed by atoms with Gasteiger partial charge in [-0.2, -0.15) is 0 Å². The van der Waals surface area contributed by atoms with Crippen LogP contribution in [-0.2, 0) is 9.59 Å². The number of urea groups is 1. The Bertz CT molecular complexity index is 633. The van der Waals surface area contributed by atoms with Gasteiger partial charge in [-0.25, -0.2) is 4.79 Å². The summed E-state index contributed by atoms with van der Waals surface area (Å²) in [7, 11) is 0. The first-order valence-electron chi connectivity index (χ1n) is 7.43. The highest BCUT2D eigenvalue weighted by molar-refractivity contribution is 7.99. The smallest absolute Gasteiger partial charge is 0.319 e. The SMILES string of the molecule is C=CCNC(=O)Nc1ccc(NC(=O)C2CSCN2C(C)=O)cc1. The van der Waals surface area contributed by atoms with E-state index < -0.39 is 6.04 Å². The monoisotopic (exact) mass is 348 g/mol.